The highest BCUT2D eigenvalue weighted by molar-refractivity contribution is 7.89. The average molecular weight is 392 g/mol. The third kappa shape index (κ3) is 5.80. The van der Waals surface area contributed by atoms with Crippen molar-refractivity contribution in [2.45, 2.75) is 17.9 Å². The molecule has 0 aromatic heterocycles. The molecule has 0 unspecified atom stereocenters. The van der Waals surface area contributed by atoms with Gasteiger partial charge in [-0.15, -0.1) is 0 Å². The van der Waals surface area contributed by atoms with Gasteiger partial charge in [0, 0.05) is 13.1 Å². The molecule has 9 heteroatoms. The van der Waals surface area contributed by atoms with Gasteiger partial charge in [-0.3, -0.25) is 9.59 Å². The summed E-state index contributed by atoms with van der Waals surface area (Å²) in [6, 6.07) is 12.4. The molecule has 2 rings (SSSR count). The Hall–Kier alpha value is -2.91. The molecule has 0 fully saturated rings. The molecule has 27 heavy (non-hydrogen) atoms. The molecular weight excluding hydrogens is 372 g/mol. The largest absolute Gasteiger partial charge is 0.507 e. The van der Waals surface area contributed by atoms with E-state index in [1.165, 1.54) is 13.2 Å². The van der Waals surface area contributed by atoms with E-state index in [-0.39, 0.29) is 35.7 Å². The van der Waals surface area contributed by atoms with Gasteiger partial charge in [0.2, 0.25) is 10.0 Å². The summed E-state index contributed by atoms with van der Waals surface area (Å²) in [5.41, 5.74) is 0.572. The fraction of sp³-hybridized carbons (Fsp3) is 0.222. The summed E-state index contributed by atoms with van der Waals surface area (Å²) in [6.07, 6.45) is -0.0420. The van der Waals surface area contributed by atoms with Gasteiger partial charge in [-0.2, -0.15) is 0 Å². The number of benzene rings is 2. The van der Waals surface area contributed by atoms with Crippen LogP contribution in [-0.4, -0.2) is 39.1 Å². The lowest BCUT2D eigenvalue weighted by Crippen LogP contribution is -2.27. The van der Waals surface area contributed by atoms with Crippen molar-refractivity contribution in [2.75, 3.05) is 13.7 Å². The summed E-state index contributed by atoms with van der Waals surface area (Å²) in [5.74, 6) is -1.56. The van der Waals surface area contributed by atoms with E-state index in [9.17, 15) is 23.1 Å². The number of sulfonamides is 1. The highest BCUT2D eigenvalue weighted by atomic mass is 32.2. The van der Waals surface area contributed by atoms with Gasteiger partial charge in [0.1, 0.15) is 5.75 Å². The van der Waals surface area contributed by atoms with E-state index in [1.54, 1.807) is 24.3 Å². The lowest BCUT2D eigenvalue weighted by Gasteiger charge is -2.10. The zero-order chi connectivity index (χ0) is 19.9. The number of hydrogen-bond donors (Lipinski definition) is 3. The van der Waals surface area contributed by atoms with E-state index in [1.807, 2.05) is 6.07 Å². The molecule has 0 aliphatic rings. The smallest absolute Gasteiger partial charge is 0.307 e. The maximum atomic E-state index is 12.4. The van der Waals surface area contributed by atoms with Crippen molar-refractivity contribution in [2.24, 2.45) is 0 Å². The Morgan fingerprint density at radius 3 is 2.48 bits per heavy atom. The van der Waals surface area contributed by atoms with Crippen molar-refractivity contribution in [3.05, 3.63) is 59.7 Å². The van der Waals surface area contributed by atoms with Crippen molar-refractivity contribution < 1.29 is 27.9 Å². The molecule has 0 bridgehead atoms. The number of phenolic OH excluding ortho intramolecular Hbond substituents is 1. The molecule has 0 radical (unpaired) electrons. The van der Waals surface area contributed by atoms with Crippen molar-refractivity contribution in [3.63, 3.8) is 0 Å². The van der Waals surface area contributed by atoms with E-state index in [0.717, 1.165) is 17.7 Å². The van der Waals surface area contributed by atoms with E-state index in [2.05, 4.69) is 14.8 Å². The van der Waals surface area contributed by atoms with Crippen LogP contribution < -0.4 is 10.0 Å². The molecule has 0 aliphatic heterocycles. The van der Waals surface area contributed by atoms with Gasteiger partial charge in [-0.1, -0.05) is 30.3 Å². The van der Waals surface area contributed by atoms with Crippen LogP contribution in [0.2, 0.25) is 0 Å². The Bertz CT molecular complexity index is 913. The third-order valence-electron chi connectivity index (χ3n) is 3.67. The summed E-state index contributed by atoms with van der Waals surface area (Å²) >= 11 is 0. The highest BCUT2D eigenvalue weighted by Gasteiger charge is 2.19. The Morgan fingerprint density at radius 1 is 1.11 bits per heavy atom. The molecule has 0 saturated carbocycles. The number of phenols is 1. The van der Waals surface area contributed by atoms with E-state index < -0.39 is 21.9 Å². The first-order valence-corrected chi connectivity index (χ1v) is 9.53. The van der Waals surface area contributed by atoms with Crippen molar-refractivity contribution in [1.29, 1.82) is 0 Å². The maximum absolute atomic E-state index is 12.4. The summed E-state index contributed by atoms with van der Waals surface area (Å²) in [4.78, 5) is 23.1. The number of esters is 1. The molecule has 3 N–H and O–H groups in total. The summed E-state index contributed by atoms with van der Waals surface area (Å²) in [5, 5.41) is 12.3. The SMILES string of the molecule is COC(=O)CCNC(=O)c1cc(S(=O)(=O)NCc2ccccc2)ccc1O. The zero-order valence-electron chi connectivity index (χ0n) is 14.6. The number of methoxy groups -OCH3 is 1. The molecular formula is C18H20N2O6S. The van der Waals surface area contributed by atoms with E-state index in [4.69, 9.17) is 0 Å². The number of ether oxygens (including phenoxy) is 1. The monoisotopic (exact) mass is 392 g/mol. The minimum Gasteiger partial charge on any atom is -0.507 e. The Balaban J connectivity index is 2.10. The van der Waals surface area contributed by atoms with Crippen molar-refractivity contribution in [3.8, 4) is 5.75 Å². The van der Waals surface area contributed by atoms with Crippen LogP contribution in [0.1, 0.15) is 22.3 Å². The first-order chi connectivity index (χ1) is 12.8. The molecule has 2 aromatic rings. The molecule has 0 saturated heterocycles. The van der Waals surface area contributed by atoms with Crippen LogP contribution in [0, 0.1) is 0 Å². The van der Waals surface area contributed by atoms with Crippen molar-refractivity contribution in [1.82, 2.24) is 10.0 Å². The fourth-order valence-electron chi connectivity index (χ4n) is 2.20. The quantitative estimate of drug-likeness (QED) is 0.580. The molecule has 0 spiro atoms. The van der Waals surface area contributed by atoms with Gasteiger partial charge in [0.25, 0.3) is 5.91 Å². The predicted octanol–water partition coefficient (Wildman–Crippen LogP) is 1.16. The van der Waals surface area contributed by atoms with Gasteiger partial charge >= 0.3 is 5.97 Å². The van der Waals surface area contributed by atoms with Gasteiger partial charge < -0.3 is 15.2 Å². The lowest BCUT2D eigenvalue weighted by molar-refractivity contribution is -0.140. The molecule has 144 valence electrons. The van der Waals surface area contributed by atoms with Crippen LogP contribution in [0.5, 0.6) is 5.75 Å². The lowest BCUT2D eigenvalue weighted by atomic mass is 10.2. The number of carbonyl (C=O) groups is 2. The fourth-order valence-corrected chi connectivity index (χ4v) is 3.24. The second-order valence-electron chi connectivity index (χ2n) is 5.57. The maximum Gasteiger partial charge on any atom is 0.307 e. The second-order valence-corrected chi connectivity index (χ2v) is 7.34. The summed E-state index contributed by atoms with van der Waals surface area (Å²) in [6.45, 7) is 0.0822. The van der Waals surface area contributed by atoms with Crippen LogP contribution in [0.25, 0.3) is 0 Å². The highest BCUT2D eigenvalue weighted by Crippen LogP contribution is 2.21. The predicted molar refractivity (Wildman–Crippen MR) is 97.5 cm³/mol. The number of hydrogen-bond acceptors (Lipinski definition) is 6. The molecule has 8 nitrogen and oxygen atoms in total. The van der Waals surface area contributed by atoms with Crippen LogP contribution in [-0.2, 0) is 26.1 Å². The molecule has 0 atom stereocenters. The Kier molecular flexibility index (Phi) is 6.91. The van der Waals surface area contributed by atoms with Gasteiger partial charge in [0.05, 0.1) is 24.0 Å². The van der Waals surface area contributed by atoms with Crippen LogP contribution >= 0.6 is 0 Å². The number of rotatable bonds is 8. The normalized spacial score (nSPS) is 11.0. The molecule has 0 aliphatic carbocycles. The topological polar surface area (TPSA) is 122 Å². The minimum atomic E-state index is -3.88. The first kappa shape index (κ1) is 20.4. The summed E-state index contributed by atoms with van der Waals surface area (Å²) in [7, 11) is -2.66. The number of amides is 1. The van der Waals surface area contributed by atoms with Crippen LogP contribution in [0.15, 0.2) is 53.4 Å². The Morgan fingerprint density at radius 2 is 1.81 bits per heavy atom. The standard InChI is InChI=1S/C18H20N2O6S/c1-26-17(22)9-10-19-18(23)15-11-14(7-8-16(15)21)27(24,25)20-12-13-5-3-2-4-6-13/h2-8,11,20-21H,9-10,12H2,1H3,(H,19,23). The number of nitrogens with one attached hydrogen (secondary N) is 2. The minimum absolute atomic E-state index is 0.00577. The number of carbonyl (C=O) groups excluding carboxylic acids is 2. The first-order valence-electron chi connectivity index (χ1n) is 8.05. The molecule has 0 heterocycles. The second kappa shape index (κ2) is 9.15. The summed E-state index contributed by atoms with van der Waals surface area (Å²) < 4.78 is 31.8. The van der Waals surface area contributed by atoms with Crippen LogP contribution in [0.3, 0.4) is 0 Å². The zero-order valence-corrected chi connectivity index (χ0v) is 15.5. The van der Waals surface area contributed by atoms with E-state index in [0.29, 0.717) is 0 Å². The van der Waals surface area contributed by atoms with Crippen molar-refractivity contribution >= 4 is 21.9 Å². The van der Waals surface area contributed by atoms with Gasteiger partial charge in [-0.25, -0.2) is 13.1 Å². The Labute approximate surface area is 157 Å². The van der Waals surface area contributed by atoms with Gasteiger partial charge in [0.15, 0.2) is 0 Å². The average Bonchev–Trinajstić information content (AvgIpc) is 2.67. The molecule has 1 amide bonds. The van der Waals surface area contributed by atoms with Gasteiger partial charge in [-0.05, 0) is 23.8 Å². The third-order valence-corrected chi connectivity index (χ3v) is 5.07. The number of aromatic hydroxyl groups is 1. The van der Waals surface area contributed by atoms with E-state index >= 15 is 0 Å². The molecule has 2 aromatic carbocycles. The van der Waals surface area contributed by atoms with Crippen LogP contribution in [0.4, 0.5) is 0 Å².